The maximum atomic E-state index is 14.6. The summed E-state index contributed by atoms with van der Waals surface area (Å²) in [6.45, 7) is 7.51. The van der Waals surface area contributed by atoms with E-state index in [9.17, 15) is 116 Å². The minimum Gasteiger partial charge on any atom is -0.481 e. The largest absolute Gasteiger partial charge is 0.481 e. The van der Waals surface area contributed by atoms with E-state index in [0.717, 1.165) is 52.9 Å². The molecule has 0 saturated carbocycles. The molecular formula is C70H105N17O25. The molecule has 2 aromatic rings. The maximum Gasteiger partial charge on any atom is 0.329 e. The standard InChI is InChI=1S/C70H105N17O25/c1-33(2)17-12-10-8-9-11-13-21-50(90)79-42(24-38-30-74-40-19-15-14-18-39(38)40)64(105)82-44(26-49(73)89)65(106)84-47(29-56(99)100)67(108)87-59-37(7)112-70(111)57(34(3)4)85-69(110)58(35(5)23-53(93)94)86-66(107)43(25-48(72)88)80-52(92)31-75-61(102)45(27-54(95)96)81-60(101)36(6)77-63(104)46(28-55(97)98)83-62(103)41(20-16-22-71)78-51(91)32-76-68(59)109/h14-15,18-19,30,33-37,41-47,57-59,74H,8-13,16-17,20-29,31-32,71H2,1-7H3,(H2,72,88)(H2,73,89)(H,75,102)(H,76,109)(H,77,104)(H,78,91)(H,79,90)(H,80,92)(H,81,101)(H,82,105)(H,83,103)(H,84,106)(H,85,110)(H,86,107)(H,87,108)(H,93,94)(H,95,96)(H,97,98)(H,99,100). The number of carbonyl (C=O) groups is 20. The molecule has 13 atom stereocenters. The zero-order valence-corrected chi connectivity index (χ0v) is 63.3. The van der Waals surface area contributed by atoms with Crippen molar-refractivity contribution in [2.75, 3.05) is 19.6 Å². The number of fused-ring (bicyclic) bond motifs is 1. The average Bonchev–Trinajstić information content (AvgIpc) is 1.66. The summed E-state index contributed by atoms with van der Waals surface area (Å²) in [5.74, 6) is -29.5. The number of carbonyl (C=O) groups excluding carboxylic acids is 16. The van der Waals surface area contributed by atoms with Crippen molar-refractivity contribution in [2.45, 2.75) is 230 Å². The molecule has 1 aliphatic heterocycles. The van der Waals surface area contributed by atoms with Gasteiger partial charge >= 0.3 is 29.8 Å². The Hall–Kier alpha value is -11.9. The SMILES string of the molecule is CC(C)CCCCCCCCC(=O)NC(Cc1c[nH]c2ccccc12)C(=O)NC(CC(N)=O)C(=O)NC(CC(=O)O)C(=O)NC1C(=O)NCC(=O)NC(CCCN)C(=O)NC(CC(=O)O)C(=O)NC(C)C(=O)NC(CC(=O)O)C(=O)NCC(=O)NC(CC(N)=O)C(=O)NC(C(C)CC(=O)O)C(=O)NC(C(C)C)C(=O)OC1C. The lowest BCUT2D eigenvalue weighted by Crippen LogP contribution is -2.62. The molecule has 1 aliphatic rings. The van der Waals surface area contributed by atoms with E-state index in [0.29, 0.717) is 35.2 Å². The van der Waals surface area contributed by atoms with E-state index >= 15 is 0 Å². The van der Waals surface area contributed by atoms with Crippen molar-refractivity contribution in [1.29, 1.82) is 0 Å². The molecule has 1 aromatic heterocycles. The maximum absolute atomic E-state index is 14.6. The van der Waals surface area contributed by atoms with E-state index in [1.54, 1.807) is 30.5 Å². The third kappa shape index (κ3) is 33.9. The number of amides is 15. The molecule has 1 aromatic carbocycles. The van der Waals surface area contributed by atoms with Crippen LogP contribution < -0.4 is 86.3 Å². The summed E-state index contributed by atoms with van der Waals surface area (Å²) in [5, 5.41) is 68.6. The Kier molecular flexibility index (Phi) is 39.8. The fourth-order valence-corrected chi connectivity index (χ4v) is 11.5. The summed E-state index contributed by atoms with van der Waals surface area (Å²) in [7, 11) is 0. The molecule has 42 heteroatoms. The molecular weight excluding hydrogens is 1480 g/mol. The molecule has 112 heavy (non-hydrogen) atoms. The van der Waals surface area contributed by atoms with Crippen molar-refractivity contribution in [3.05, 3.63) is 36.0 Å². The number of esters is 1. The highest BCUT2D eigenvalue weighted by molar-refractivity contribution is 6.02. The van der Waals surface area contributed by atoms with Crippen molar-refractivity contribution in [1.82, 2.24) is 74.1 Å². The van der Waals surface area contributed by atoms with Crippen molar-refractivity contribution in [2.24, 2.45) is 35.0 Å². The highest BCUT2D eigenvalue weighted by Gasteiger charge is 2.41. The number of para-hydroxylation sites is 1. The number of primary amides is 2. The molecule has 0 radical (unpaired) electrons. The third-order valence-corrected chi connectivity index (χ3v) is 17.5. The molecule has 15 amide bonds. The average molecular weight is 1580 g/mol. The zero-order chi connectivity index (χ0) is 84.2. The van der Waals surface area contributed by atoms with Gasteiger partial charge in [0.25, 0.3) is 0 Å². The zero-order valence-electron chi connectivity index (χ0n) is 63.3. The van der Waals surface area contributed by atoms with E-state index in [1.807, 2.05) is 10.6 Å². The molecule has 13 unspecified atom stereocenters. The third-order valence-electron chi connectivity index (χ3n) is 17.5. The number of nitrogens with two attached hydrogens (primary N) is 3. The van der Waals surface area contributed by atoms with Crippen LogP contribution >= 0.6 is 0 Å². The first kappa shape index (κ1) is 94.3. The Labute approximate surface area is 643 Å². The van der Waals surface area contributed by atoms with Crippen LogP contribution in [0.2, 0.25) is 0 Å². The minimum absolute atomic E-state index is 0.00321. The first-order chi connectivity index (χ1) is 52.6. The summed E-state index contributed by atoms with van der Waals surface area (Å²) in [5.41, 5.74) is 17.9. The highest BCUT2D eigenvalue weighted by atomic mass is 16.5. The van der Waals surface area contributed by atoms with Gasteiger partial charge in [0, 0.05) is 29.9 Å². The van der Waals surface area contributed by atoms with Crippen LogP contribution in [0, 0.1) is 17.8 Å². The molecule has 1 saturated heterocycles. The van der Waals surface area contributed by atoms with Crippen molar-refractivity contribution in [3.8, 4) is 0 Å². The summed E-state index contributed by atoms with van der Waals surface area (Å²) in [6.07, 6.45) is -1.65. The van der Waals surface area contributed by atoms with Gasteiger partial charge in [-0.15, -0.1) is 0 Å². The topological polar surface area (TPSA) is 682 Å². The summed E-state index contributed by atoms with van der Waals surface area (Å²) >= 11 is 0. The Morgan fingerprint density at radius 2 is 1.04 bits per heavy atom. The molecule has 24 N–H and O–H groups in total. The molecule has 1 fully saturated rings. The first-order valence-corrected chi connectivity index (χ1v) is 36.4. The van der Waals surface area contributed by atoms with Crippen LogP contribution in [0.1, 0.15) is 157 Å². The van der Waals surface area contributed by atoms with E-state index in [4.69, 9.17) is 21.9 Å². The van der Waals surface area contributed by atoms with Gasteiger partial charge in [0.1, 0.15) is 72.6 Å². The Bertz CT molecular complexity index is 3740. The number of unbranched alkanes of at least 4 members (excludes halogenated alkanes) is 5. The number of hydrogen-bond acceptors (Lipinski definition) is 22. The van der Waals surface area contributed by atoms with Gasteiger partial charge in [-0.25, -0.2) is 4.79 Å². The lowest BCUT2D eigenvalue weighted by Gasteiger charge is -2.31. The number of carboxylic acids is 4. The number of hydrogen-bond donors (Lipinski definition) is 21. The smallest absolute Gasteiger partial charge is 0.329 e. The van der Waals surface area contributed by atoms with E-state index < -0.39 is 254 Å². The molecule has 0 bridgehead atoms. The first-order valence-electron chi connectivity index (χ1n) is 36.4. The number of ether oxygens (including phenoxy) is 1. The van der Waals surface area contributed by atoms with Gasteiger partial charge in [-0.2, -0.15) is 0 Å². The predicted molar refractivity (Wildman–Crippen MR) is 391 cm³/mol. The number of aromatic nitrogens is 1. The van der Waals surface area contributed by atoms with Crippen LogP contribution in [0.5, 0.6) is 0 Å². The van der Waals surface area contributed by atoms with Gasteiger partial charge in [0.15, 0.2) is 0 Å². The lowest BCUT2D eigenvalue weighted by molar-refractivity contribution is -0.157. The predicted octanol–water partition coefficient (Wildman–Crippen LogP) is -5.30. The molecule has 2 heterocycles. The number of rotatable bonds is 35. The lowest BCUT2D eigenvalue weighted by atomic mass is 9.95. The van der Waals surface area contributed by atoms with Crippen LogP contribution in [0.3, 0.4) is 0 Å². The van der Waals surface area contributed by atoms with E-state index in [2.05, 4.69) is 77.3 Å². The number of aliphatic carboxylic acids is 4. The van der Waals surface area contributed by atoms with E-state index in [1.165, 1.54) is 13.8 Å². The molecule has 3 rings (SSSR count). The summed E-state index contributed by atoms with van der Waals surface area (Å²) in [6, 6.07) is -14.8. The second-order valence-electron chi connectivity index (χ2n) is 27.9. The number of benzene rings is 1. The van der Waals surface area contributed by atoms with Crippen molar-refractivity contribution >= 4 is 129 Å². The fraction of sp³-hybridized carbons (Fsp3) is 0.600. The van der Waals surface area contributed by atoms with Gasteiger partial charge in [0.05, 0.1) is 51.6 Å². The Balaban J connectivity index is 2.19. The number of H-pyrrole nitrogens is 1. The molecule has 0 aliphatic carbocycles. The number of carboxylic acid groups (broad SMARTS) is 4. The molecule has 0 spiro atoms. The van der Waals surface area contributed by atoms with Gasteiger partial charge < -0.3 is 116 Å². The number of nitrogens with one attached hydrogen (secondary N) is 14. The van der Waals surface area contributed by atoms with Crippen LogP contribution in [0.15, 0.2) is 30.5 Å². The second kappa shape index (κ2) is 47.2. The number of cyclic esters (lactones) is 1. The summed E-state index contributed by atoms with van der Waals surface area (Å²) in [4.78, 5) is 273. The normalized spacial score (nSPS) is 21.6. The van der Waals surface area contributed by atoms with Gasteiger partial charge in [-0.3, -0.25) is 91.1 Å². The van der Waals surface area contributed by atoms with Crippen LogP contribution in [0.25, 0.3) is 10.9 Å². The number of aromatic amines is 1. The van der Waals surface area contributed by atoms with Crippen LogP contribution in [-0.2, 0) is 107 Å². The van der Waals surface area contributed by atoms with Gasteiger partial charge in [-0.1, -0.05) is 91.3 Å². The van der Waals surface area contributed by atoms with Crippen LogP contribution in [-0.4, -0.2) is 236 Å². The van der Waals surface area contributed by atoms with Crippen molar-refractivity contribution < 1.29 is 121 Å². The monoisotopic (exact) mass is 1580 g/mol. The minimum atomic E-state index is -2.33. The Morgan fingerprint density at radius 3 is 1.61 bits per heavy atom. The second-order valence-corrected chi connectivity index (χ2v) is 27.9. The fourth-order valence-electron chi connectivity index (χ4n) is 11.5. The van der Waals surface area contributed by atoms with Crippen LogP contribution in [0.4, 0.5) is 0 Å². The van der Waals surface area contributed by atoms with Gasteiger partial charge in [0.2, 0.25) is 88.6 Å². The van der Waals surface area contributed by atoms with E-state index in [-0.39, 0.29) is 32.2 Å². The highest BCUT2D eigenvalue weighted by Crippen LogP contribution is 2.21. The van der Waals surface area contributed by atoms with Gasteiger partial charge in [-0.05, 0) is 69.0 Å². The Morgan fingerprint density at radius 1 is 0.518 bits per heavy atom. The molecule has 620 valence electrons. The van der Waals surface area contributed by atoms with Crippen molar-refractivity contribution in [3.63, 3.8) is 0 Å². The molecule has 42 nitrogen and oxygen atoms in total. The summed E-state index contributed by atoms with van der Waals surface area (Å²) < 4.78 is 5.67. The quantitative estimate of drug-likeness (QED) is 0.0226.